The lowest BCUT2D eigenvalue weighted by molar-refractivity contribution is 0.579. The molecule has 1 aromatic heterocycles. The molecule has 0 N–H and O–H groups in total. The van der Waals surface area contributed by atoms with E-state index in [-0.39, 0.29) is 0 Å². The SMILES string of the molecule is C[C@H]1C[C@@H]1n1cnnn1. The second-order valence-electron chi connectivity index (χ2n) is 2.57. The van der Waals surface area contributed by atoms with Crippen LogP contribution in [0.25, 0.3) is 0 Å². The van der Waals surface area contributed by atoms with Gasteiger partial charge in [-0.25, -0.2) is 4.68 Å². The normalized spacial score (nSPS) is 32.6. The van der Waals surface area contributed by atoms with Crippen LogP contribution in [-0.2, 0) is 0 Å². The first-order valence-electron chi connectivity index (χ1n) is 3.10. The number of hydrogen-bond donors (Lipinski definition) is 0. The van der Waals surface area contributed by atoms with Crippen molar-refractivity contribution in [3.63, 3.8) is 0 Å². The molecular formula is C5H8N4. The predicted octanol–water partition coefficient (Wildman–Crippen LogP) is 0.254. The van der Waals surface area contributed by atoms with Crippen molar-refractivity contribution in [2.45, 2.75) is 19.4 Å². The molecule has 4 nitrogen and oxygen atoms in total. The van der Waals surface area contributed by atoms with Crippen molar-refractivity contribution in [2.24, 2.45) is 5.92 Å². The van der Waals surface area contributed by atoms with Gasteiger partial charge in [0.25, 0.3) is 0 Å². The lowest BCUT2D eigenvalue weighted by Crippen LogP contribution is -1.95. The fourth-order valence-corrected chi connectivity index (χ4v) is 0.991. The summed E-state index contributed by atoms with van der Waals surface area (Å²) in [7, 11) is 0. The largest absolute Gasteiger partial charge is 0.229 e. The van der Waals surface area contributed by atoms with E-state index < -0.39 is 0 Å². The van der Waals surface area contributed by atoms with Gasteiger partial charge in [0.05, 0.1) is 6.04 Å². The number of aromatic nitrogens is 4. The molecule has 1 heterocycles. The van der Waals surface area contributed by atoms with E-state index in [0.717, 1.165) is 5.92 Å². The molecule has 0 aliphatic heterocycles. The van der Waals surface area contributed by atoms with Gasteiger partial charge in [0.15, 0.2) is 0 Å². The van der Waals surface area contributed by atoms with Crippen molar-refractivity contribution in [2.75, 3.05) is 0 Å². The van der Waals surface area contributed by atoms with E-state index in [4.69, 9.17) is 0 Å². The van der Waals surface area contributed by atoms with E-state index in [2.05, 4.69) is 22.4 Å². The first-order valence-corrected chi connectivity index (χ1v) is 3.10. The maximum Gasteiger partial charge on any atom is 0.138 e. The Labute approximate surface area is 52.9 Å². The van der Waals surface area contributed by atoms with Crippen LogP contribution >= 0.6 is 0 Å². The molecule has 4 heteroatoms. The zero-order chi connectivity index (χ0) is 6.27. The highest BCUT2D eigenvalue weighted by Crippen LogP contribution is 2.41. The Bertz CT molecular complexity index is 193. The molecule has 0 radical (unpaired) electrons. The monoisotopic (exact) mass is 124 g/mol. The van der Waals surface area contributed by atoms with Crippen molar-refractivity contribution in [1.82, 2.24) is 20.2 Å². The number of tetrazole rings is 1. The van der Waals surface area contributed by atoms with Crippen LogP contribution in [0, 0.1) is 5.92 Å². The minimum atomic E-state index is 0.583. The van der Waals surface area contributed by atoms with Gasteiger partial charge in [0, 0.05) is 0 Å². The molecule has 1 aliphatic carbocycles. The van der Waals surface area contributed by atoms with Crippen LogP contribution in [0.4, 0.5) is 0 Å². The van der Waals surface area contributed by atoms with Gasteiger partial charge in [-0.3, -0.25) is 0 Å². The molecule has 0 unspecified atom stereocenters. The first kappa shape index (κ1) is 4.90. The molecule has 1 aromatic rings. The summed E-state index contributed by atoms with van der Waals surface area (Å²) in [4.78, 5) is 0. The Hall–Kier alpha value is -0.930. The highest BCUT2D eigenvalue weighted by Gasteiger charge is 2.35. The smallest absolute Gasteiger partial charge is 0.138 e. The van der Waals surface area contributed by atoms with Gasteiger partial charge in [-0.15, -0.1) is 5.10 Å². The third-order valence-electron chi connectivity index (χ3n) is 1.77. The zero-order valence-corrected chi connectivity index (χ0v) is 5.23. The van der Waals surface area contributed by atoms with Crippen molar-refractivity contribution in [3.05, 3.63) is 6.33 Å². The Balaban J connectivity index is 2.18. The van der Waals surface area contributed by atoms with Crippen LogP contribution in [0.1, 0.15) is 19.4 Å². The molecule has 2 atom stereocenters. The van der Waals surface area contributed by atoms with Gasteiger partial charge in [-0.2, -0.15) is 0 Å². The number of rotatable bonds is 1. The van der Waals surface area contributed by atoms with Crippen LogP contribution in [0.5, 0.6) is 0 Å². The van der Waals surface area contributed by atoms with Crippen molar-refractivity contribution < 1.29 is 0 Å². The summed E-state index contributed by atoms with van der Waals surface area (Å²) in [6, 6.07) is 0.583. The van der Waals surface area contributed by atoms with Gasteiger partial charge in [0.1, 0.15) is 6.33 Å². The van der Waals surface area contributed by atoms with Gasteiger partial charge in [-0.05, 0) is 22.8 Å². The molecule has 48 valence electrons. The maximum atomic E-state index is 3.78. The third kappa shape index (κ3) is 0.704. The Morgan fingerprint density at radius 1 is 1.67 bits per heavy atom. The summed E-state index contributed by atoms with van der Waals surface area (Å²) in [5.41, 5.74) is 0. The maximum absolute atomic E-state index is 3.78. The molecule has 9 heavy (non-hydrogen) atoms. The van der Waals surface area contributed by atoms with Crippen molar-refractivity contribution in [3.8, 4) is 0 Å². The van der Waals surface area contributed by atoms with E-state index in [1.54, 1.807) is 6.33 Å². The topological polar surface area (TPSA) is 43.6 Å². The molecule has 0 bridgehead atoms. The number of hydrogen-bond acceptors (Lipinski definition) is 3. The van der Waals surface area contributed by atoms with Crippen LogP contribution in [-0.4, -0.2) is 20.2 Å². The Kier molecular flexibility index (Phi) is 0.831. The van der Waals surface area contributed by atoms with E-state index >= 15 is 0 Å². The molecule has 0 amide bonds. The Morgan fingerprint density at radius 3 is 2.89 bits per heavy atom. The van der Waals surface area contributed by atoms with Crippen LogP contribution in [0.3, 0.4) is 0 Å². The first-order chi connectivity index (χ1) is 4.38. The summed E-state index contributed by atoms with van der Waals surface area (Å²) in [5.74, 6) is 0.772. The van der Waals surface area contributed by atoms with Gasteiger partial charge < -0.3 is 0 Å². The van der Waals surface area contributed by atoms with Crippen molar-refractivity contribution in [1.29, 1.82) is 0 Å². The van der Waals surface area contributed by atoms with E-state index in [0.29, 0.717) is 6.04 Å². The minimum absolute atomic E-state index is 0.583. The van der Waals surface area contributed by atoms with Gasteiger partial charge >= 0.3 is 0 Å². The van der Waals surface area contributed by atoms with E-state index in [1.807, 2.05) is 4.68 Å². The van der Waals surface area contributed by atoms with E-state index in [1.165, 1.54) is 6.42 Å². The van der Waals surface area contributed by atoms with Crippen LogP contribution in [0.2, 0.25) is 0 Å². The van der Waals surface area contributed by atoms with Crippen LogP contribution < -0.4 is 0 Å². The second-order valence-corrected chi connectivity index (χ2v) is 2.57. The molecule has 1 fully saturated rings. The molecule has 1 saturated carbocycles. The standard InChI is InChI=1S/C5H8N4/c1-4-2-5(4)9-3-6-7-8-9/h3-5H,2H2,1H3/t4-,5-/m0/s1. The summed E-state index contributed by atoms with van der Waals surface area (Å²) in [5, 5.41) is 10.9. The number of nitrogens with zero attached hydrogens (tertiary/aromatic N) is 4. The summed E-state index contributed by atoms with van der Waals surface area (Å²) >= 11 is 0. The molecule has 2 rings (SSSR count). The molecule has 1 aliphatic rings. The van der Waals surface area contributed by atoms with E-state index in [9.17, 15) is 0 Å². The lowest BCUT2D eigenvalue weighted by atomic mass is 10.5. The molecule has 0 spiro atoms. The van der Waals surface area contributed by atoms with Gasteiger partial charge in [-0.1, -0.05) is 6.92 Å². The van der Waals surface area contributed by atoms with Gasteiger partial charge in [0.2, 0.25) is 0 Å². The average molecular weight is 124 g/mol. The van der Waals surface area contributed by atoms with Crippen LogP contribution in [0.15, 0.2) is 6.33 Å². The summed E-state index contributed by atoms with van der Waals surface area (Å²) in [6.07, 6.45) is 2.90. The molecular weight excluding hydrogens is 116 g/mol. The highest BCUT2D eigenvalue weighted by atomic mass is 15.5. The fraction of sp³-hybridized carbons (Fsp3) is 0.800. The molecule has 0 aromatic carbocycles. The fourth-order valence-electron chi connectivity index (χ4n) is 0.991. The molecule has 0 saturated heterocycles. The summed E-state index contributed by atoms with van der Waals surface area (Å²) in [6.45, 7) is 2.20. The predicted molar refractivity (Wildman–Crippen MR) is 30.6 cm³/mol. The average Bonchev–Trinajstić information content (AvgIpc) is 2.44. The minimum Gasteiger partial charge on any atom is -0.229 e. The third-order valence-corrected chi connectivity index (χ3v) is 1.77. The Morgan fingerprint density at radius 2 is 2.44 bits per heavy atom. The quantitative estimate of drug-likeness (QED) is 0.539. The second kappa shape index (κ2) is 1.52. The lowest BCUT2D eigenvalue weighted by Gasteiger charge is -1.89. The highest BCUT2D eigenvalue weighted by molar-refractivity contribution is 4.86. The summed E-state index contributed by atoms with van der Waals surface area (Å²) < 4.78 is 1.82. The van der Waals surface area contributed by atoms with Crippen molar-refractivity contribution >= 4 is 0 Å². The zero-order valence-electron chi connectivity index (χ0n) is 5.23.